The number of carbonyl (C=O) groups is 1. The van der Waals surface area contributed by atoms with E-state index < -0.39 is 0 Å². The van der Waals surface area contributed by atoms with Gasteiger partial charge in [-0.15, -0.1) is 0 Å². The van der Waals surface area contributed by atoms with Crippen LogP contribution in [0.2, 0.25) is 0 Å². The van der Waals surface area contributed by atoms with Gasteiger partial charge >= 0.3 is 6.03 Å². The van der Waals surface area contributed by atoms with Crippen LogP contribution in [0.3, 0.4) is 0 Å². The van der Waals surface area contributed by atoms with Crippen LogP contribution in [0.5, 0.6) is 0 Å². The van der Waals surface area contributed by atoms with E-state index in [0.717, 1.165) is 43.6 Å². The molecule has 0 unspecified atom stereocenters. The van der Waals surface area contributed by atoms with Crippen LogP contribution in [0.4, 0.5) is 13.6 Å². The van der Waals surface area contributed by atoms with Gasteiger partial charge in [-0.25, -0.2) is 13.6 Å². The zero-order valence-corrected chi connectivity index (χ0v) is 16.4. The molecule has 0 aromatic heterocycles. The minimum absolute atomic E-state index is 0.133. The second kappa shape index (κ2) is 9.15. The van der Waals surface area contributed by atoms with Crippen molar-refractivity contribution in [2.45, 2.75) is 38.9 Å². The largest absolute Gasteiger partial charge is 0.335 e. The van der Waals surface area contributed by atoms with E-state index in [-0.39, 0.29) is 23.7 Å². The Morgan fingerprint density at radius 3 is 2.39 bits per heavy atom. The lowest BCUT2D eigenvalue weighted by Gasteiger charge is -2.33. The molecule has 6 heteroatoms. The normalized spacial score (nSPS) is 15.4. The summed E-state index contributed by atoms with van der Waals surface area (Å²) in [5.74, 6) is -0.470. The average molecular weight is 387 g/mol. The summed E-state index contributed by atoms with van der Waals surface area (Å²) in [6.07, 6.45) is 1.75. The van der Waals surface area contributed by atoms with Gasteiger partial charge in [-0.3, -0.25) is 4.90 Å². The number of piperidine rings is 1. The maximum absolute atomic E-state index is 13.7. The van der Waals surface area contributed by atoms with Crippen LogP contribution in [0, 0.1) is 18.6 Å². The Hall–Kier alpha value is -2.47. The molecule has 1 aliphatic rings. The lowest BCUT2D eigenvalue weighted by molar-refractivity contribution is 0.173. The maximum Gasteiger partial charge on any atom is 0.317 e. The van der Waals surface area contributed by atoms with Crippen molar-refractivity contribution in [2.75, 3.05) is 20.1 Å². The summed E-state index contributed by atoms with van der Waals surface area (Å²) in [7, 11) is 1.72. The number of benzene rings is 2. The fourth-order valence-corrected chi connectivity index (χ4v) is 3.45. The minimum Gasteiger partial charge on any atom is -0.335 e. The number of amides is 2. The van der Waals surface area contributed by atoms with Crippen molar-refractivity contribution < 1.29 is 13.6 Å². The van der Waals surface area contributed by atoms with Crippen molar-refractivity contribution >= 4 is 6.03 Å². The van der Waals surface area contributed by atoms with Crippen LogP contribution < -0.4 is 5.32 Å². The number of likely N-dealkylation sites (tertiary alicyclic amines) is 1. The first-order valence-corrected chi connectivity index (χ1v) is 9.64. The molecule has 0 radical (unpaired) electrons. The van der Waals surface area contributed by atoms with E-state index in [1.165, 1.54) is 18.2 Å². The summed E-state index contributed by atoms with van der Waals surface area (Å²) in [5.41, 5.74) is 2.46. The van der Waals surface area contributed by atoms with Gasteiger partial charge in [0.15, 0.2) is 0 Å². The van der Waals surface area contributed by atoms with E-state index in [1.54, 1.807) is 24.9 Å². The fourth-order valence-electron chi connectivity index (χ4n) is 3.45. The molecule has 1 heterocycles. The van der Waals surface area contributed by atoms with Crippen LogP contribution in [-0.4, -0.2) is 42.0 Å². The molecule has 0 aliphatic carbocycles. The third-order valence-electron chi connectivity index (χ3n) is 5.24. The Labute approximate surface area is 165 Å². The Morgan fingerprint density at radius 1 is 1.11 bits per heavy atom. The van der Waals surface area contributed by atoms with Crippen LogP contribution >= 0.6 is 0 Å². The van der Waals surface area contributed by atoms with Gasteiger partial charge in [0, 0.05) is 39.3 Å². The standard InChI is InChI=1S/C22H27F2N3O/c1-16-3-4-18(13-21(16)24)14-26(2)22(28)25-20-9-11-27(12-10-20)15-17-5-7-19(23)8-6-17/h3-8,13,20H,9-12,14-15H2,1-2H3,(H,25,28). The van der Waals surface area contributed by atoms with Crippen LogP contribution in [0.1, 0.15) is 29.5 Å². The number of aryl methyl sites for hydroxylation is 1. The first kappa shape index (κ1) is 20.3. The van der Waals surface area contributed by atoms with E-state index in [4.69, 9.17) is 0 Å². The molecule has 150 valence electrons. The highest BCUT2D eigenvalue weighted by molar-refractivity contribution is 5.74. The monoisotopic (exact) mass is 387 g/mol. The van der Waals surface area contributed by atoms with Gasteiger partial charge < -0.3 is 10.2 Å². The summed E-state index contributed by atoms with van der Waals surface area (Å²) in [6.45, 7) is 4.65. The molecular formula is C22H27F2N3O. The lowest BCUT2D eigenvalue weighted by atomic mass is 10.0. The third kappa shape index (κ3) is 5.52. The highest BCUT2D eigenvalue weighted by Gasteiger charge is 2.22. The van der Waals surface area contributed by atoms with Gasteiger partial charge in [0.1, 0.15) is 11.6 Å². The first-order valence-electron chi connectivity index (χ1n) is 9.64. The molecule has 2 aromatic rings. The molecule has 1 fully saturated rings. The van der Waals surface area contributed by atoms with Gasteiger partial charge in [0.05, 0.1) is 0 Å². The second-order valence-electron chi connectivity index (χ2n) is 7.57. The number of carbonyl (C=O) groups excluding carboxylic acids is 1. The minimum atomic E-state index is -0.250. The average Bonchev–Trinajstić information content (AvgIpc) is 2.68. The number of nitrogens with zero attached hydrogens (tertiary/aromatic N) is 2. The van der Waals surface area contributed by atoms with Crippen LogP contribution in [-0.2, 0) is 13.1 Å². The Bertz CT molecular complexity index is 802. The number of hydrogen-bond acceptors (Lipinski definition) is 2. The molecule has 28 heavy (non-hydrogen) atoms. The Balaban J connectivity index is 1.43. The maximum atomic E-state index is 13.7. The summed E-state index contributed by atoms with van der Waals surface area (Å²) < 4.78 is 26.7. The molecule has 2 amide bonds. The SMILES string of the molecule is Cc1ccc(CN(C)C(=O)NC2CCN(Cc3ccc(F)cc3)CC2)cc1F. The number of hydrogen-bond donors (Lipinski definition) is 1. The number of halogens is 2. The van der Waals surface area contributed by atoms with Crippen LogP contribution in [0.25, 0.3) is 0 Å². The first-order chi connectivity index (χ1) is 13.4. The molecule has 1 saturated heterocycles. The number of urea groups is 1. The summed E-state index contributed by atoms with van der Waals surface area (Å²) >= 11 is 0. The molecule has 0 atom stereocenters. The Morgan fingerprint density at radius 2 is 1.75 bits per heavy atom. The van der Waals surface area contributed by atoms with E-state index in [9.17, 15) is 13.6 Å². The highest BCUT2D eigenvalue weighted by Crippen LogP contribution is 2.15. The molecule has 4 nitrogen and oxygen atoms in total. The molecular weight excluding hydrogens is 360 g/mol. The predicted octanol–water partition coefficient (Wildman–Crippen LogP) is 4.08. The lowest BCUT2D eigenvalue weighted by Crippen LogP contribution is -2.48. The van der Waals surface area contributed by atoms with Gasteiger partial charge in [-0.05, 0) is 54.7 Å². The van der Waals surface area contributed by atoms with Crippen molar-refractivity contribution in [3.63, 3.8) is 0 Å². The topological polar surface area (TPSA) is 35.6 Å². The summed E-state index contributed by atoms with van der Waals surface area (Å²) in [5, 5.41) is 3.07. The van der Waals surface area contributed by atoms with E-state index in [2.05, 4.69) is 10.2 Å². The van der Waals surface area contributed by atoms with Crippen molar-refractivity contribution in [2.24, 2.45) is 0 Å². The number of rotatable bonds is 5. The zero-order chi connectivity index (χ0) is 20.1. The Kier molecular flexibility index (Phi) is 6.62. The molecule has 3 rings (SSSR count). The fraction of sp³-hybridized carbons (Fsp3) is 0.409. The quantitative estimate of drug-likeness (QED) is 0.839. The molecule has 0 bridgehead atoms. The van der Waals surface area contributed by atoms with Gasteiger partial charge in [0.2, 0.25) is 0 Å². The highest BCUT2D eigenvalue weighted by atomic mass is 19.1. The van der Waals surface area contributed by atoms with E-state index in [0.29, 0.717) is 12.1 Å². The van der Waals surface area contributed by atoms with Crippen LogP contribution in [0.15, 0.2) is 42.5 Å². The smallest absolute Gasteiger partial charge is 0.317 e. The van der Waals surface area contributed by atoms with Crippen molar-refractivity contribution in [1.82, 2.24) is 15.1 Å². The van der Waals surface area contributed by atoms with Crippen molar-refractivity contribution in [3.05, 3.63) is 70.8 Å². The van der Waals surface area contributed by atoms with Crippen molar-refractivity contribution in [3.8, 4) is 0 Å². The van der Waals surface area contributed by atoms with E-state index in [1.807, 2.05) is 18.2 Å². The van der Waals surface area contributed by atoms with Gasteiger partial charge in [-0.1, -0.05) is 24.3 Å². The summed E-state index contributed by atoms with van der Waals surface area (Å²) in [6, 6.07) is 11.6. The molecule has 1 aliphatic heterocycles. The third-order valence-corrected chi connectivity index (χ3v) is 5.24. The molecule has 1 N–H and O–H groups in total. The zero-order valence-electron chi connectivity index (χ0n) is 16.4. The molecule has 0 saturated carbocycles. The molecule has 0 spiro atoms. The molecule has 2 aromatic carbocycles. The summed E-state index contributed by atoms with van der Waals surface area (Å²) in [4.78, 5) is 16.3. The second-order valence-corrected chi connectivity index (χ2v) is 7.57. The van der Waals surface area contributed by atoms with E-state index >= 15 is 0 Å². The van der Waals surface area contributed by atoms with Gasteiger partial charge in [0.25, 0.3) is 0 Å². The number of nitrogens with one attached hydrogen (secondary N) is 1. The predicted molar refractivity (Wildman–Crippen MR) is 106 cm³/mol. The van der Waals surface area contributed by atoms with Crippen molar-refractivity contribution in [1.29, 1.82) is 0 Å². The van der Waals surface area contributed by atoms with Gasteiger partial charge in [-0.2, -0.15) is 0 Å².